The number of carbonyl (C=O) groups is 1. The molecule has 1 heterocycles. The number of ether oxygens (including phenoxy) is 2. The van der Waals surface area contributed by atoms with Crippen molar-refractivity contribution < 1.29 is 14.3 Å². The zero-order chi connectivity index (χ0) is 8.81. The van der Waals surface area contributed by atoms with Crippen LogP contribution in [-0.4, -0.2) is 25.3 Å². The lowest BCUT2D eigenvalue weighted by Gasteiger charge is -2.21. The predicted octanol–water partition coefficient (Wildman–Crippen LogP) is 1.28. The third-order valence-electron chi connectivity index (χ3n) is 1.75. The highest BCUT2D eigenvalue weighted by molar-refractivity contribution is 5.81. The van der Waals surface area contributed by atoms with Crippen LogP contribution in [0, 0.1) is 0 Å². The summed E-state index contributed by atoms with van der Waals surface area (Å²) in [4.78, 5) is 11.0. The maximum absolute atomic E-state index is 11.0. The predicted molar refractivity (Wildman–Crippen MR) is 44.7 cm³/mol. The summed E-state index contributed by atoms with van der Waals surface area (Å²) >= 11 is 0. The molecule has 1 rings (SSSR count). The molecule has 0 unspecified atom stereocenters. The second-order valence-electron chi connectivity index (χ2n) is 2.75. The van der Waals surface area contributed by atoms with Crippen LogP contribution < -0.4 is 0 Å². The van der Waals surface area contributed by atoms with Gasteiger partial charge in [-0.05, 0) is 6.92 Å². The van der Waals surface area contributed by atoms with E-state index in [1.807, 2.05) is 0 Å². The van der Waals surface area contributed by atoms with Crippen LogP contribution in [0.4, 0.5) is 0 Å². The summed E-state index contributed by atoms with van der Waals surface area (Å²) in [6, 6.07) is 0. The van der Waals surface area contributed by atoms with Crippen LogP contribution in [0.25, 0.3) is 0 Å². The fourth-order valence-electron chi connectivity index (χ4n) is 1.13. The van der Waals surface area contributed by atoms with E-state index < -0.39 is 0 Å². The minimum absolute atomic E-state index is 0.0578. The summed E-state index contributed by atoms with van der Waals surface area (Å²) in [7, 11) is 0. The summed E-state index contributed by atoms with van der Waals surface area (Å²) in [5.41, 5.74) is 0. The largest absolute Gasteiger partial charge is 0.459 e. The van der Waals surface area contributed by atoms with Crippen molar-refractivity contribution in [2.45, 2.75) is 25.9 Å². The third kappa shape index (κ3) is 3.05. The van der Waals surface area contributed by atoms with Gasteiger partial charge in [-0.3, -0.25) is 0 Å². The van der Waals surface area contributed by atoms with E-state index in [9.17, 15) is 4.79 Å². The van der Waals surface area contributed by atoms with Gasteiger partial charge in [0, 0.05) is 18.9 Å². The Kier molecular flexibility index (Phi) is 3.80. The lowest BCUT2D eigenvalue weighted by molar-refractivity contribution is -0.147. The van der Waals surface area contributed by atoms with E-state index in [0.29, 0.717) is 13.2 Å². The molecule has 3 nitrogen and oxygen atoms in total. The van der Waals surface area contributed by atoms with Crippen molar-refractivity contribution in [3.8, 4) is 0 Å². The summed E-state index contributed by atoms with van der Waals surface area (Å²) in [5.74, 6) is -0.246. The van der Waals surface area contributed by atoms with Gasteiger partial charge in [0.1, 0.15) is 6.10 Å². The minimum atomic E-state index is -0.246. The highest BCUT2D eigenvalue weighted by atomic mass is 16.5. The van der Waals surface area contributed by atoms with Gasteiger partial charge < -0.3 is 9.47 Å². The van der Waals surface area contributed by atoms with Gasteiger partial charge in [0.25, 0.3) is 0 Å². The molecule has 1 aliphatic rings. The molecule has 0 N–H and O–H groups in total. The van der Waals surface area contributed by atoms with Crippen LogP contribution in [0.1, 0.15) is 19.8 Å². The quantitative estimate of drug-likeness (QED) is 0.462. The Labute approximate surface area is 72.4 Å². The van der Waals surface area contributed by atoms with Gasteiger partial charge in [0.15, 0.2) is 0 Å². The topological polar surface area (TPSA) is 35.5 Å². The summed E-state index contributed by atoms with van der Waals surface area (Å²) in [6.07, 6.45) is 4.83. The molecule has 0 bridgehead atoms. The van der Waals surface area contributed by atoms with Crippen molar-refractivity contribution in [2.75, 3.05) is 13.2 Å². The van der Waals surface area contributed by atoms with E-state index >= 15 is 0 Å². The highest BCUT2D eigenvalue weighted by Crippen LogP contribution is 2.10. The third-order valence-corrected chi connectivity index (χ3v) is 1.75. The number of hydrogen-bond donors (Lipinski definition) is 0. The van der Waals surface area contributed by atoms with E-state index in [4.69, 9.17) is 9.47 Å². The first-order valence-corrected chi connectivity index (χ1v) is 4.24. The second kappa shape index (κ2) is 4.93. The summed E-state index contributed by atoms with van der Waals surface area (Å²) < 4.78 is 10.3. The van der Waals surface area contributed by atoms with Crippen molar-refractivity contribution in [3.05, 3.63) is 12.2 Å². The fourth-order valence-corrected chi connectivity index (χ4v) is 1.13. The number of hydrogen-bond acceptors (Lipinski definition) is 3. The standard InChI is InChI=1S/C9H14O3/c1-2-3-9(10)12-8-4-6-11-7-5-8/h2-3,8H,4-7H2,1H3/b3-2+. The minimum Gasteiger partial charge on any atom is -0.459 e. The van der Waals surface area contributed by atoms with Gasteiger partial charge in [-0.25, -0.2) is 4.79 Å². The van der Waals surface area contributed by atoms with E-state index in [-0.39, 0.29) is 12.1 Å². The van der Waals surface area contributed by atoms with Crippen molar-refractivity contribution in [2.24, 2.45) is 0 Å². The average molecular weight is 170 g/mol. The molecular weight excluding hydrogens is 156 g/mol. The summed E-state index contributed by atoms with van der Waals surface area (Å²) in [6.45, 7) is 3.20. The Morgan fingerprint density at radius 2 is 2.17 bits per heavy atom. The molecule has 0 aliphatic carbocycles. The first kappa shape index (κ1) is 9.26. The van der Waals surface area contributed by atoms with Gasteiger partial charge in [0.2, 0.25) is 0 Å². The first-order valence-electron chi connectivity index (χ1n) is 4.24. The lowest BCUT2D eigenvalue weighted by Crippen LogP contribution is -2.25. The zero-order valence-electron chi connectivity index (χ0n) is 7.29. The molecule has 1 saturated heterocycles. The first-order chi connectivity index (χ1) is 5.83. The van der Waals surface area contributed by atoms with E-state index in [1.54, 1.807) is 13.0 Å². The number of allylic oxidation sites excluding steroid dienone is 1. The Morgan fingerprint density at radius 3 is 2.75 bits per heavy atom. The van der Waals surface area contributed by atoms with Gasteiger partial charge in [-0.1, -0.05) is 6.08 Å². The molecule has 12 heavy (non-hydrogen) atoms. The van der Waals surface area contributed by atoms with Gasteiger partial charge in [-0.2, -0.15) is 0 Å². The van der Waals surface area contributed by atoms with Crippen LogP contribution in [0.2, 0.25) is 0 Å². The molecule has 0 radical (unpaired) electrons. The molecule has 68 valence electrons. The van der Waals surface area contributed by atoms with Crippen LogP contribution in [0.5, 0.6) is 0 Å². The van der Waals surface area contributed by atoms with Crippen LogP contribution >= 0.6 is 0 Å². The number of carbonyl (C=O) groups excluding carboxylic acids is 1. The summed E-state index contributed by atoms with van der Waals surface area (Å²) in [5, 5.41) is 0. The molecule has 0 aromatic heterocycles. The molecule has 0 aromatic rings. The lowest BCUT2D eigenvalue weighted by atomic mass is 10.1. The molecule has 0 atom stereocenters. The Morgan fingerprint density at radius 1 is 1.50 bits per heavy atom. The molecule has 0 spiro atoms. The van der Waals surface area contributed by atoms with E-state index in [0.717, 1.165) is 12.8 Å². The fraction of sp³-hybridized carbons (Fsp3) is 0.667. The van der Waals surface area contributed by atoms with Gasteiger partial charge in [-0.15, -0.1) is 0 Å². The number of rotatable bonds is 2. The maximum Gasteiger partial charge on any atom is 0.330 e. The van der Waals surface area contributed by atoms with Crippen molar-refractivity contribution in [1.82, 2.24) is 0 Å². The Balaban J connectivity index is 2.24. The zero-order valence-corrected chi connectivity index (χ0v) is 7.29. The molecule has 0 aromatic carbocycles. The second-order valence-corrected chi connectivity index (χ2v) is 2.75. The molecule has 1 fully saturated rings. The van der Waals surface area contributed by atoms with E-state index in [2.05, 4.69) is 0 Å². The van der Waals surface area contributed by atoms with Gasteiger partial charge >= 0.3 is 5.97 Å². The highest BCUT2D eigenvalue weighted by Gasteiger charge is 2.16. The normalized spacial score (nSPS) is 19.8. The van der Waals surface area contributed by atoms with Crippen molar-refractivity contribution >= 4 is 5.97 Å². The number of esters is 1. The maximum atomic E-state index is 11.0. The van der Waals surface area contributed by atoms with Crippen LogP contribution in [0.3, 0.4) is 0 Å². The molecule has 3 heteroatoms. The molecule has 1 aliphatic heterocycles. The van der Waals surface area contributed by atoms with E-state index in [1.165, 1.54) is 6.08 Å². The smallest absolute Gasteiger partial charge is 0.330 e. The van der Waals surface area contributed by atoms with Crippen LogP contribution in [0.15, 0.2) is 12.2 Å². The Hall–Kier alpha value is -0.830. The molecular formula is C9H14O3. The molecule has 0 saturated carbocycles. The molecule has 0 amide bonds. The van der Waals surface area contributed by atoms with Gasteiger partial charge in [0.05, 0.1) is 13.2 Å². The van der Waals surface area contributed by atoms with Crippen molar-refractivity contribution in [1.29, 1.82) is 0 Å². The monoisotopic (exact) mass is 170 g/mol. The van der Waals surface area contributed by atoms with Crippen LogP contribution in [-0.2, 0) is 14.3 Å². The van der Waals surface area contributed by atoms with Crippen molar-refractivity contribution in [3.63, 3.8) is 0 Å². The SMILES string of the molecule is C/C=C/C(=O)OC1CCOCC1. The Bertz CT molecular complexity index is 169. The average Bonchev–Trinajstić information content (AvgIpc) is 2.06.